The van der Waals surface area contributed by atoms with Crippen molar-refractivity contribution >= 4 is 11.8 Å². The fourth-order valence-electron chi connectivity index (χ4n) is 2.30. The lowest BCUT2D eigenvalue weighted by Gasteiger charge is -2.18. The molecule has 0 bridgehead atoms. The Morgan fingerprint density at radius 2 is 2.05 bits per heavy atom. The molecule has 1 aliphatic rings. The molecule has 1 heterocycles. The molecule has 1 aromatic rings. The maximum absolute atomic E-state index is 12.1. The van der Waals surface area contributed by atoms with Gasteiger partial charge in [0.25, 0.3) is 0 Å². The van der Waals surface area contributed by atoms with E-state index in [-0.39, 0.29) is 18.2 Å². The van der Waals surface area contributed by atoms with Crippen molar-refractivity contribution in [1.29, 1.82) is 5.26 Å². The quantitative estimate of drug-likeness (QED) is 0.762. The molecule has 4 nitrogen and oxygen atoms in total. The van der Waals surface area contributed by atoms with Crippen LogP contribution in [0.2, 0.25) is 0 Å². The van der Waals surface area contributed by atoms with E-state index in [1.807, 2.05) is 6.92 Å². The summed E-state index contributed by atoms with van der Waals surface area (Å²) >= 11 is 0. The van der Waals surface area contributed by atoms with Crippen LogP contribution in [0.1, 0.15) is 37.0 Å². The normalized spacial score (nSPS) is 17.7. The Bertz CT molecular complexity index is 597. The number of benzene rings is 1. The summed E-state index contributed by atoms with van der Waals surface area (Å²) in [5.74, 6) is -0.250. The molecule has 2 amide bonds. The molecule has 0 atom stereocenters. The average molecular weight is 256 g/mol. The highest BCUT2D eigenvalue weighted by Crippen LogP contribution is 2.32. The Labute approximate surface area is 112 Å². The van der Waals surface area contributed by atoms with E-state index in [0.29, 0.717) is 12.1 Å². The molecule has 1 aromatic carbocycles. The third-order valence-corrected chi connectivity index (χ3v) is 3.52. The van der Waals surface area contributed by atoms with Crippen LogP contribution in [0.5, 0.6) is 0 Å². The molecule has 2 rings (SSSR count). The van der Waals surface area contributed by atoms with Crippen molar-refractivity contribution in [3.63, 3.8) is 0 Å². The predicted molar refractivity (Wildman–Crippen MR) is 69.8 cm³/mol. The van der Waals surface area contributed by atoms with Crippen LogP contribution in [0.4, 0.5) is 0 Å². The SMILES string of the molecule is Cc1cc(C#N)ccc1CN1C(=O)CC(C)(C)C1=O. The van der Waals surface area contributed by atoms with Crippen molar-refractivity contribution in [3.8, 4) is 6.07 Å². The fourth-order valence-corrected chi connectivity index (χ4v) is 2.30. The number of carbonyl (C=O) groups is 2. The minimum absolute atomic E-state index is 0.124. The highest BCUT2D eigenvalue weighted by molar-refractivity contribution is 6.05. The second kappa shape index (κ2) is 4.51. The molecule has 0 spiro atoms. The topological polar surface area (TPSA) is 61.2 Å². The minimum atomic E-state index is -0.600. The van der Waals surface area contributed by atoms with Gasteiger partial charge in [0.15, 0.2) is 0 Å². The smallest absolute Gasteiger partial charge is 0.235 e. The Morgan fingerprint density at radius 3 is 2.53 bits per heavy atom. The summed E-state index contributed by atoms with van der Waals surface area (Å²) in [6.45, 7) is 5.75. The zero-order valence-electron chi connectivity index (χ0n) is 11.4. The first-order valence-electron chi connectivity index (χ1n) is 6.19. The summed E-state index contributed by atoms with van der Waals surface area (Å²) in [5.41, 5.74) is 1.81. The van der Waals surface area contributed by atoms with Gasteiger partial charge >= 0.3 is 0 Å². The number of nitrogens with zero attached hydrogens (tertiary/aromatic N) is 2. The van der Waals surface area contributed by atoms with E-state index in [4.69, 9.17) is 5.26 Å². The van der Waals surface area contributed by atoms with Gasteiger partial charge < -0.3 is 0 Å². The molecule has 4 heteroatoms. The summed E-state index contributed by atoms with van der Waals surface area (Å²) in [6.07, 6.45) is 0.265. The first kappa shape index (κ1) is 13.3. The molecule has 0 N–H and O–H groups in total. The van der Waals surface area contributed by atoms with Crippen LogP contribution >= 0.6 is 0 Å². The molecule has 1 fully saturated rings. The van der Waals surface area contributed by atoms with E-state index in [1.165, 1.54) is 4.90 Å². The van der Waals surface area contributed by atoms with Gasteiger partial charge in [-0.05, 0) is 30.2 Å². The summed E-state index contributed by atoms with van der Waals surface area (Å²) in [5, 5.41) is 8.82. The van der Waals surface area contributed by atoms with Gasteiger partial charge in [-0.15, -0.1) is 0 Å². The van der Waals surface area contributed by atoms with Crippen molar-refractivity contribution < 1.29 is 9.59 Å². The standard InChI is InChI=1S/C15H16N2O2/c1-10-6-11(8-16)4-5-12(10)9-17-13(18)7-15(2,3)14(17)19/h4-6H,7,9H2,1-3H3. The van der Waals surface area contributed by atoms with Gasteiger partial charge in [-0.1, -0.05) is 19.9 Å². The molecule has 1 aliphatic heterocycles. The van der Waals surface area contributed by atoms with Crippen molar-refractivity contribution in [2.45, 2.75) is 33.7 Å². The lowest BCUT2D eigenvalue weighted by molar-refractivity contribution is -0.141. The van der Waals surface area contributed by atoms with Crippen LogP contribution < -0.4 is 0 Å². The van der Waals surface area contributed by atoms with Crippen molar-refractivity contribution in [1.82, 2.24) is 4.90 Å². The maximum Gasteiger partial charge on any atom is 0.235 e. The summed E-state index contributed by atoms with van der Waals surface area (Å²) in [6, 6.07) is 7.35. The number of aryl methyl sites for hydroxylation is 1. The maximum atomic E-state index is 12.1. The third kappa shape index (κ3) is 2.37. The fraction of sp³-hybridized carbons (Fsp3) is 0.400. The number of nitriles is 1. The van der Waals surface area contributed by atoms with Gasteiger partial charge in [-0.3, -0.25) is 14.5 Å². The molecule has 0 saturated carbocycles. The molecular weight excluding hydrogens is 240 g/mol. The number of hydrogen-bond acceptors (Lipinski definition) is 3. The summed E-state index contributed by atoms with van der Waals surface area (Å²) in [7, 11) is 0. The highest BCUT2D eigenvalue weighted by atomic mass is 16.2. The van der Waals surface area contributed by atoms with Gasteiger partial charge in [0, 0.05) is 6.42 Å². The average Bonchev–Trinajstić information content (AvgIpc) is 2.53. The van der Waals surface area contributed by atoms with E-state index in [9.17, 15) is 9.59 Å². The van der Waals surface area contributed by atoms with Crippen LogP contribution in [0.3, 0.4) is 0 Å². The monoisotopic (exact) mass is 256 g/mol. The highest BCUT2D eigenvalue weighted by Gasteiger charge is 2.44. The summed E-state index contributed by atoms with van der Waals surface area (Å²) < 4.78 is 0. The number of amides is 2. The van der Waals surface area contributed by atoms with E-state index < -0.39 is 5.41 Å². The molecule has 19 heavy (non-hydrogen) atoms. The Morgan fingerprint density at radius 1 is 1.37 bits per heavy atom. The van der Waals surface area contributed by atoms with E-state index in [0.717, 1.165) is 11.1 Å². The number of hydrogen-bond donors (Lipinski definition) is 0. The molecule has 0 aliphatic carbocycles. The minimum Gasteiger partial charge on any atom is -0.278 e. The molecular formula is C15H16N2O2. The van der Waals surface area contributed by atoms with Crippen LogP contribution in [0.15, 0.2) is 18.2 Å². The number of rotatable bonds is 2. The lowest BCUT2D eigenvalue weighted by atomic mass is 9.92. The lowest BCUT2D eigenvalue weighted by Crippen LogP contribution is -2.32. The van der Waals surface area contributed by atoms with Crippen LogP contribution in [0.25, 0.3) is 0 Å². The molecule has 0 radical (unpaired) electrons. The van der Waals surface area contributed by atoms with Gasteiger partial charge in [0.2, 0.25) is 11.8 Å². The Hall–Kier alpha value is -2.15. The number of imide groups is 1. The van der Waals surface area contributed by atoms with E-state index in [1.54, 1.807) is 32.0 Å². The predicted octanol–water partition coefficient (Wildman–Crippen LogP) is 2.15. The molecule has 1 saturated heterocycles. The molecule has 0 aromatic heterocycles. The first-order valence-corrected chi connectivity index (χ1v) is 6.19. The van der Waals surface area contributed by atoms with Crippen molar-refractivity contribution in [2.24, 2.45) is 5.41 Å². The van der Waals surface area contributed by atoms with Gasteiger partial charge in [-0.2, -0.15) is 5.26 Å². The second-order valence-electron chi connectivity index (χ2n) is 5.60. The first-order chi connectivity index (χ1) is 8.85. The third-order valence-electron chi connectivity index (χ3n) is 3.52. The van der Waals surface area contributed by atoms with Crippen molar-refractivity contribution in [2.75, 3.05) is 0 Å². The second-order valence-corrected chi connectivity index (χ2v) is 5.60. The zero-order chi connectivity index (χ0) is 14.2. The molecule has 0 unspecified atom stereocenters. The van der Waals surface area contributed by atoms with Gasteiger partial charge in [0.05, 0.1) is 23.6 Å². The molecule has 98 valence electrons. The largest absolute Gasteiger partial charge is 0.278 e. The zero-order valence-corrected chi connectivity index (χ0v) is 11.4. The Balaban J connectivity index is 2.25. The van der Waals surface area contributed by atoms with Gasteiger partial charge in [-0.25, -0.2) is 0 Å². The van der Waals surface area contributed by atoms with E-state index in [2.05, 4.69) is 6.07 Å². The summed E-state index contributed by atoms with van der Waals surface area (Å²) in [4.78, 5) is 25.3. The number of likely N-dealkylation sites (tertiary alicyclic amines) is 1. The van der Waals surface area contributed by atoms with Crippen LogP contribution in [-0.2, 0) is 16.1 Å². The number of carbonyl (C=O) groups excluding carboxylic acids is 2. The van der Waals surface area contributed by atoms with Crippen LogP contribution in [0, 0.1) is 23.7 Å². The van der Waals surface area contributed by atoms with Crippen molar-refractivity contribution in [3.05, 3.63) is 34.9 Å². The van der Waals surface area contributed by atoms with Crippen LogP contribution in [-0.4, -0.2) is 16.7 Å². The van der Waals surface area contributed by atoms with Gasteiger partial charge in [0.1, 0.15) is 0 Å². The van der Waals surface area contributed by atoms with E-state index >= 15 is 0 Å². The Kier molecular flexibility index (Phi) is 3.15.